The second-order valence-corrected chi connectivity index (χ2v) is 9.72. The number of aromatic nitrogens is 2. The van der Waals surface area contributed by atoms with Crippen LogP contribution in [0.1, 0.15) is 44.8 Å². The first-order valence-electron chi connectivity index (χ1n) is 9.10. The van der Waals surface area contributed by atoms with Gasteiger partial charge in [-0.3, -0.25) is 14.6 Å². The molecule has 2 fully saturated rings. The van der Waals surface area contributed by atoms with Gasteiger partial charge in [0.2, 0.25) is 11.9 Å². The van der Waals surface area contributed by atoms with Gasteiger partial charge in [0.25, 0.3) is 5.56 Å². The first-order valence-corrected chi connectivity index (χ1v) is 10.9. The van der Waals surface area contributed by atoms with Gasteiger partial charge in [-0.2, -0.15) is 0 Å². The third kappa shape index (κ3) is 4.44. The van der Waals surface area contributed by atoms with Crippen molar-refractivity contribution >= 4 is 21.7 Å². The molecule has 0 spiro atoms. The summed E-state index contributed by atoms with van der Waals surface area (Å²) in [5.74, 6) is 0.332. The molecule has 9 heteroatoms. The summed E-state index contributed by atoms with van der Waals surface area (Å²) < 4.78 is 23.1. The van der Waals surface area contributed by atoms with Gasteiger partial charge in [0, 0.05) is 19.2 Å². The minimum Gasteiger partial charge on any atom is -0.348 e. The number of anilines is 1. The third-order valence-corrected chi connectivity index (χ3v) is 7.01. The fraction of sp³-hybridized carbons (Fsp3) is 0.706. The third-order valence-electron chi connectivity index (χ3n) is 5.24. The van der Waals surface area contributed by atoms with Crippen molar-refractivity contribution in [3.63, 3.8) is 0 Å². The number of carbonyl (C=O) groups is 1. The molecule has 0 radical (unpaired) electrons. The fourth-order valence-corrected chi connectivity index (χ4v) is 5.20. The largest absolute Gasteiger partial charge is 0.348 e. The number of hydrogen-bond acceptors (Lipinski definition) is 6. The van der Waals surface area contributed by atoms with Crippen molar-refractivity contribution in [2.24, 2.45) is 11.8 Å². The number of nitrogens with zero attached hydrogens (tertiary/aromatic N) is 2. The normalized spacial score (nSPS) is 24.4. The molecule has 2 saturated heterocycles. The number of piperidine rings is 1. The fourth-order valence-electron chi connectivity index (χ4n) is 3.46. The number of carbonyl (C=O) groups excluding carboxylic acids is 1. The van der Waals surface area contributed by atoms with Gasteiger partial charge >= 0.3 is 0 Å². The zero-order valence-corrected chi connectivity index (χ0v) is 16.0. The molecule has 1 amide bonds. The van der Waals surface area contributed by atoms with E-state index < -0.39 is 21.8 Å². The molecule has 2 N–H and O–H groups in total. The summed E-state index contributed by atoms with van der Waals surface area (Å²) >= 11 is 0. The van der Waals surface area contributed by atoms with Crippen molar-refractivity contribution < 1.29 is 13.2 Å². The summed E-state index contributed by atoms with van der Waals surface area (Å²) in [5, 5.41) is 2.80. The number of rotatable bonds is 4. The van der Waals surface area contributed by atoms with E-state index in [4.69, 9.17) is 0 Å². The lowest BCUT2D eigenvalue weighted by Gasteiger charge is -2.31. The summed E-state index contributed by atoms with van der Waals surface area (Å²) in [6.45, 7) is 5.65. The van der Waals surface area contributed by atoms with E-state index in [1.807, 2.05) is 0 Å². The zero-order valence-electron chi connectivity index (χ0n) is 15.2. The number of nitrogens with one attached hydrogen (secondary N) is 2. The number of amides is 1. The second-order valence-electron chi connectivity index (χ2n) is 7.49. The van der Waals surface area contributed by atoms with Crippen LogP contribution >= 0.6 is 0 Å². The van der Waals surface area contributed by atoms with Gasteiger partial charge in [-0.1, -0.05) is 6.92 Å². The Kier molecular flexibility index (Phi) is 5.36. The Morgan fingerprint density at radius 1 is 1.35 bits per heavy atom. The molecule has 0 saturated carbocycles. The second kappa shape index (κ2) is 7.38. The molecule has 2 aliphatic rings. The van der Waals surface area contributed by atoms with E-state index >= 15 is 0 Å². The first kappa shape index (κ1) is 18.9. The van der Waals surface area contributed by atoms with Crippen LogP contribution in [-0.2, 0) is 14.6 Å². The zero-order chi connectivity index (χ0) is 18.9. The van der Waals surface area contributed by atoms with Crippen LogP contribution in [0.3, 0.4) is 0 Å². The molecule has 1 aromatic rings. The van der Waals surface area contributed by atoms with E-state index in [1.54, 1.807) is 6.92 Å². The molecular formula is C17H26N4O4S. The van der Waals surface area contributed by atoms with E-state index in [9.17, 15) is 18.0 Å². The van der Waals surface area contributed by atoms with Gasteiger partial charge < -0.3 is 10.2 Å². The average molecular weight is 382 g/mol. The maximum Gasteiger partial charge on any atom is 0.252 e. The lowest BCUT2D eigenvalue weighted by Crippen LogP contribution is -2.37. The number of sulfone groups is 1. The van der Waals surface area contributed by atoms with Crippen LogP contribution in [0.4, 0.5) is 5.95 Å². The summed E-state index contributed by atoms with van der Waals surface area (Å²) in [6.07, 6.45) is 2.45. The summed E-state index contributed by atoms with van der Waals surface area (Å²) in [4.78, 5) is 33.7. The van der Waals surface area contributed by atoms with Crippen molar-refractivity contribution in [2.45, 2.75) is 39.2 Å². The molecular weight excluding hydrogens is 356 g/mol. The highest BCUT2D eigenvalue weighted by Crippen LogP contribution is 2.22. The van der Waals surface area contributed by atoms with Gasteiger partial charge in [0.05, 0.1) is 29.2 Å². The minimum atomic E-state index is -3.11. The molecule has 8 nitrogen and oxygen atoms in total. The molecule has 3 heterocycles. The van der Waals surface area contributed by atoms with E-state index in [1.165, 1.54) is 6.07 Å². The summed E-state index contributed by atoms with van der Waals surface area (Å²) in [7, 11) is -3.11. The van der Waals surface area contributed by atoms with Crippen LogP contribution in [0.15, 0.2) is 10.9 Å². The maximum atomic E-state index is 12.3. The smallest absolute Gasteiger partial charge is 0.252 e. The quantitative estimate of drug-likeness (QED) is 0.789. The van der Waals surface area contributed by atoms with E-state index in [2.05, 4.69) is 27.1 Å². The van der Waals surface area contributed by atoms with Gasteiger partial charge in [-0.15, -0.1) is 0 Å². The number of H-pyrrole nitrogens is 1. The highest BCUT2D eigenvalue weighted by Gasteiger charge is 2.33. The highest BCUT2D eigenvalue weighted by molar-refractivity contribution is 7.91. The Bertz CT molecular complexity index is 827. The van der Waals surface area contributed by atoms with Crippen molar-refractivity contribution in [3.8, 4) is 0 Å². The molecule has 26 heavy (non-hydrogen) atoms. The van der Waals surface area contributed by atoms with Gasteiger partial charge in [0.1, 0.15) is 0 Å². The predicted molar refractivity (Wildman–Crippen MR) is 98.8 cm³/mol. The van der Waals surface area contributed by atoms with Crippen molar-refractivity contribution in [2.75, 3.05) is 29.5 Å². The van der Waals surface area contributed by atoms with Gasteiger partial charge in [-0.05, 0) is 32.1 Å². The van der Waals surface area contributed by atoms with Gasteiger partial charge in [0.15, 0.2) is 9.84 Å². The van der Waals surface area contributed by atoms with Crippen LogP contribution in [0.25, 0.3) is 0 Å². The van der Waals surface area contributed by atoms with E-state index in [-0.39, 0.29) is 23.0 Å². The topological polar surface area (TPSA) is 112 Å². The molecule has 3 rings (SSSR count). The minimum absolute atomic E-state index is 0.0558. The van der Waals surface area contributed by atoms with Crippen LogP contribution in [0.5, 0.6) is 0 Å². The molecule has 144 valence electrons. The Hall–Kier alpha value is -1.90. The monoisotopic (exact) mass is 382 g/mol. The average Bonchev–Trinajstić information content (AvgIpc) is 2.95. The van der Waals surface area contributed by atoms with E-state index in [0.717, 1.165) is 25.9 Å². The maximum absolute atomic E-state index is 12.3. The first-order chi connectivity index (χ1) is 12.2. The van der Waals surface area contributed by atoms with Gasteiger partial charge in [-0.25, -0.2) is 13.4 Å². The van der Waals surface area contributed by atoms with Crippen LogP contribution in [-0.4, -0.2) is 48.9 Å². The summed E-state index contributed by atoms with van der Waals surface area (Å²) in [5.41, 5.74) is 0.227. The Morgan fingerprint density at radius 3 is 2.65 bits per heavy atom. The van der Waals surface area contributed by atoms with Crippen molar-refractivity contribution in [1.82, 2.24) is 15.3 Å². The Morgan fingerprint density at radius 2 is 2.04 bits per heavy atom. The van der Waals surface area contributed by atoms with Crippen LogP contribution < -0.4 is 15.8 Å². The molecule has 0 aromatic carbocycles. The predicted octanol–water partition coefficient (Wildman–Crippen LogP) is 0.618. The standard InChI is InChI=1S/C17H26N4O4S/c1-11-3-6-21(7-4-11)17-19-14(9-15(22)20-17)12(2)18-16(23)13-5-8-26(24,25)10-13/h9,11-13H,3-8,10H2,1-2H3,(H,18,23)(H,19,20,22). The molecule has 0 aliphatic carbocycles. The Labute approximate surface area is 153 Å². The molecule has 2 unspecified atom stereocenters. The van der Waals surface area contributed by atoms with E-state index in [0.29, 0.717) is 24.0 Å². The summed E-state index contributed by atoms with van der Waals surface area (Å²) in [6, 6.07) is 0.919. The molecule has 1 aromatic heterocycles. The molecule has 2 atom stereocenters. The number of aromatic amines is 1. The van der Waals surface area contributed by atoms with Crippen molar-refractivity contribution in [3.05, 3.63) is 22.1 Å². The highest BCUT2D eigenvalue weighted by atomic mass is 32.2. The SMILES string of the molecule is CC1CCN(c2nc(C(C)NC(=O)C3CCS(=O)(=O)C3)cc(=O)[nH]2)CC1. The molecule has 0 bridgehead atoms. The Balaban J connectivity index is 1.70. The lowest BCUT2D eigenvalue weighted by atomic mass is 10.00. The number of hydrogen-bond donors (Lipinski definition) is 2. The van der Waals surface area contributed by atoms with Crippen LogP contribution in [0, 0.1) is 11.8 Å². The van der Waals surface area contributed by atoms with Crippen LogP contribution in [0.2, 0.25) is 0 Å². The van der Waals surface area contributed by atoms with Crippen molar-refractivity contribution in [1.29, 1.82) is 0 Å². The molecule has 2 aliphatic heterocycles. The lowest BCUT2D eigenvalue weighted by molar-refractivity contribution is -0.124.